The number of halogens is 1. The Hall–Kier alpha value is -3.39. The van der Waals surface area contributed by atoms with Crippen LogP contribution in [0.5, 0.6) is 11.5 Å². The van der Waals surface area contributed by atoms with Gasteiger partial charge in [0.15, 0.2) is 17.3 Å². The first-order valence-corrected chi connectivity index (χ1v) is 9.92. The van der Waals surface area contributed by atoms with E-state index in [1.807, 2.05) is 6.07 Å². The van der Waals surface area contributed by atoms with Crippen molar-refractivity contribution in [2.75, 3.05) is 38.7 Å². The molecule has 0 amide bonds. The summed E-state index contributed by atoms with van der Waals surface area (Å²) in [6.45, 7) is 2.59. The number of benzene rings is 1. The molecule has 2 aromatic heterocycles. The molecule has 160 valence electrons. The van der Waals surface area contributed by atoms with Gasteiger partial charge in [0.2, 0.25) is 0 Å². The number of aromatic amines is 1. The van der Waals surface area contributed by atoms with E-state index in [-0.39, 0.29) is 11.8 Å². The summed E-state index contributed by atoms with van der Waals surface area (Å²) in [5.41, 5.74) is 1.52. The van der Waals surface area contributed by atoms with E-state index in [0.29, 0.717) is 52.6 Å². The van der Waals surface area contributed by atoms with Crippen molar-refractivity contribution in [1.29, 1.82) is 5.26 Å². The van der Waals surface area contributed by atoms with Gasteiger partial charge < -0.3 is 24.8 Å². The molecule has 1 aromatic carbocycles. The maximum Gasteiger partial charge on any atom is 0.158 e. The third kappa shape index (κ3) is 4.86. The van der Waals surface area contributed by atoms with Crippen molar-refractivity contribution >= 4 is 23.2 Å². The zero-order chi connectivity index (χ0) is 21.6. The molecule has 4 rings (SSSR count). The second-order valence-corrected chi connectivity index (χ2v) is 7.06. The van der Waals surface area contributed by atoms with Gasteiger partial charge in [0.05, 0.1) is 42.4 Å². The monoisotopic (exact) mass is 441 g/mol. The van der Waals surface area contributed by atoms with Crippen LogP contribution in [0.25, 0.3) is 11.3 Å². The third-order valence-electron chi connectivity index (χ3n) is 4.57. The van der Waals surface area contributed by atoms with Crippen LogP contribution in [0.2, 0.25) is 5.02 Å². The highest BCUT2D eigenvalue weighted by Crippen LogP contribution is 2.43. The Bertz CT molecular complexity index is 1080. The van der Waals surface area contributed by atoms with Gasteiger partial charge in [-0.15, -0.1) is 0 Å². The fourth-order valence-electron chi connectivity index (χ4n) is 3.12. The first kappa shape index (κ1) is 20.9. The van der Waals surface area contributed by atoms with Gasteiger partial charge in [-0.3, -0.25) is 5.10 Å². The first-order chi connectivity index (χ1) is 15.2. The molecule has 0 aliphatic carbocycles. The Balaban J connectivity index is 1.58. The number of methoxy groups -OCH3 is 1. The second-order valence-electron chi connectivity index (χ2n) is 6.65. The van der Waals surface area contributed by atoms with E-state index < -0.39 is 0 Å². The van der Waals surface area contributed by atoms with E-state index in [4.69, 9.17) is 31.1 Å². The van der Waals surface area contributed by atoms with Gasteiger partial charge in [0.25, 0.3) is 0 Å². The van der Waals surface area contributed by atoms with E-state index in [2.05, 4.69) is 30.8 Å². The van der Waals surface area contributed by atoms with Gasteiger partial charge in [0, 0.05) is 19.2 Å². The minimum Gasteiger partial charge on any atom is -0.494 e. The Kier molecular flexibility index (Phi) is 6.47. The molecule has 0 saturated carbocycles. The first-order valence-electron chi connectivity index (χ1n) is 9.54. The summed E-state index contributed by atoms with van der Waals surface area (Å²) in [6, 6.07) is 7.22. The van der Waals surface area contributed by atoms with Crippen LogP contribution < -0.4 is 20.1 Å². The molecule has 3 heterocycles. The van der Waals surface area contributed by atoms with Crippen LogP contribution in [0.15, 0.2) is 30.6 Å². The van der Waals surface area contributed by atoms with E-state index in [9.17, 15) is 0 Å². The molecule has 3 aromatic rings. The van der Waals surface area contributed by atoms with Crippen LogP contribution in [0.3, 0.4) is 0 Å². The van der Waals surface area contributed by atoms with E-state index in [0.717, 1.165) is 13.1 Å². The molecule has 0 radical (unpaired) electrons. The summed E-state index contributed by atoms with van der Waals surface area (Å²) >= 11 is 6.36. The Labute approximate surface area is 183 Å². The van der Waals surface area contributed by atoms with Crippen LogP contribution in [-0.2, 0) is 4.74 Å². The zero-order valence-corrected chi connectivity index (χ0v) is 17.4. The van der Waals surface area contributed by atoms with Crippen molar-refractivity contribution < 1.29 is 14.2 Å². The van der Waals surface area contributed by atoms with Gasteiger partial charge in [-0.1, -0.05) is 11.6 Å². The fraction of sp³-hybridized carbons (Fsp3) is 0.300. The Morgan fingerprint density at radius 2 is 2.23 bits per heavy atom. The molecule has 1 fully saturated rings. The maximum absolute atomic E-state index is 8.84. The average Bonchev–Trinajstić information content (AvgIpc) is 3.27. The summed E-state index contributed by atoms with van der Waals surface area (Å²) in [5, 5.41) is 22.8. The molecular weight excluding hydrogens is 422 g/mol. The fourth-order valence-corrected chi connectivity index (χ4v) is 3.35. The van der Waals surface area contributed by atoms with E-state index >= 15 is 0 Å². The van der Waals surface area contributed by atoms with Gasteiger partial charge in [-0.2, -0.15) is 10.4 Å². The van der Waals surface area contributed by atoms with E-state index in [1.165, 1.54) is 12.4 Å². The van der Waals surface area contributed by atoms with Gasteiger partial charge in [-0.05, 0) is 12.1 Å². The summed E-state index contributed by atoms with van der Waals surface area (Å²) in [7, 11) is 1.55. The highest BCUT2D eigenvalue weighted by atomic mass is 35.5. The minimum absolute atomic E-state index is 0.0442. The van der Waals surface area contributed by atoms with Crippen LogP contribution in [0, 0.1) is 11.3 Å². The van der Waals surface area contributed by atoms with Crippen LogP contribution >= 0.6 is 11.6 Å². The lowest BCUT2D eigenvalue weighted by Crippen LogP contribution is -2.41. The minimum atomic E-state index is -0.0442. The SMILES string of the molecule is COc1c(Cl)ccc(OC[C@@H]2CNCCO2)c1-c1cc(Nc2cnc(C#N)cn2)n[nH]1. The number of H-pyrrole nitrogens is 1. The number of aromatic nitrogens is 4. The van der Waals surface area contributed by atoms with Crippen molar-refractivity contribution in [1.82, 2.24) is 25.5 Å². The largest absolute Gasteiger partial charge is 0.494 e. The number of nitrogens with one attached hydrogen (secondary N) is 3. The summed E-state index contributed by atoms with van der Waals surface area (Å²) in [6.07, 6.45) is 2.79. The summed E-state index contributed by atoms with van der Waals surface area (Å²) < 4.78 is 17.3. The van der Waals surface area contributed by atoms with Crippen molar-refractivity contribution in [2.45, 2.75) is 6.10 Å². The molecule has 1 aliphatic heterocycles. The number of hydrogen-bond acceptors (Lipinski definition) is 9. The molecular formula is C20H20ClN7O3. The van der Waals surface area contributed by atoms with Crippen molar-refractivity contribution in [3.8, 4) is 28.8 Å². The second kappa shape index (κ2) is 9.61. The zero-order valence-electron chi connectivity index (χ0n) is 16.7. The predicted molar refractivity (Wildman–Crippen MR) is 114 cm³/mol. The van der Waals surface area contributed by atoms with Crippen molar-refractivity contribution in [2.24, 2.45) is 0 Å². The highest BCUT2D eigenvalue weighted by Gasteiger charge is 2.21. The number of ether oxygens (including phenoxy) is 3. The molecule has 1 saturated heterocycles. The number of morpholine rings is 1. The number of nitriles is 1. The average molecular weight is 442 g/mol. The standard InChI is InChI=1S/C20H20ClN7O3/c1-29-20-14(21)2-3-16(31-11-13-9-23-4-5-30-13)19(20)15-6-17(28-27-15)26-18-10-24-12(7-22)8-25-18/h2-3,6,8,10,13,23H,4-5,9,11H2,1H3,(H2,25,26,27,28)/t13-/m0/s1. The maximum atomic E-state index is 8.84. The number of rotatable bonds is 7. The number of anilines is 2. The topological polar surface area (TPSA) is 130 Å². The van der Waals surface area contributed by atoms with Crippen molar-refractivity contribution in [3.63, 3.8) is 0 Å². The summed E-state index contributed by atoms with van der Waals surface area (Å²) in [4.78, 5) is 8.11. The van der Waals surface area contributed by atoms with Crippen LogP contribution in [-0.4, -0.2) is 59.7 Å². The molecule has 31 heavy (non-hydrogen) atoms. The van der Waals surface area contributed by atoms with Gasteiger partial charge in [0.1, 0.15) is 30.3 Å². The lowest BCUT2D eigenvalue weighted by Gasteiger charge is -2.24. The predicted octanol–water partition coefficient (Wildman–Crippen LogP) is 2.51. The molecule has 11 heteroatoms. The Morgan fingerprint density at radius 3 is 2.94 bits per heavy atom. The van der Waals surface area contributed by atoms with Crippen LogP contribution in [0.1, 0.15) is 5.69 Å². The molecule has 1 atom stereocenters. The van der Waals surface area contributed by atoms with Gasteiger partial charge in [-0.25, -0.2) is 9.97 Å². The molecule has 10 nitrogen and oxygen atoms in total. The molecule has 0 unspecified atom stereocenters. The lowest BCUT2D eigenvalue weighted by molar-refractivity contribution is 0.000281. The summed E-state index contributed by atoms with van der Waals surface area (Å²) in [5.74, 6) is 2.01. The lowest BCUT2D eigenvalue weighted by atomic mass is 10.1. The molecule has 1 aliphatic rings. The van der Waals surface area contributed by atoms with E-state index in [1.54, 1.807) is 25.3 Å². The molecule has 3 N–H and O–H groups in total. The van der Waals surface area contributed by atoms with Crippen LogP contribution in [0.4, 0.5) is 11.6 Å². The number of hydrogen-bond donors (Lipinski definition) is 3. The quantitative estimate of drug-likeness (QED) is 0.506. The normalized spacial score (nSPS) is 15.8. The Morgan fingerprint density at radius 1 is 1.32 bits per heavy atom. The van der Waals surface area contributed by atoms with Crippen molar-refractivity contribution in [3.05, 3.63) is 41.3 Å². The molecule has 0 spiro atoms. The number of nitrogens with zero attached hydrogens (tertiary/aromatic N) is 4. The molecule has 0 bridgehead atoms. The smallest absolute Gasteiger partial charge is 0.158 e. The highest BCUT2D eigenvalue weighted by molar-refractivity contribution is 6.32. The third-order valence-corrected chi connectivity index (χ3v) is 4.87. The van der Waals surface area contributed by atoms with Gasteiger partial charge >= 0.3 is 0 Å².